The average Bonchev–Trinajstić information content (AvgIpc) is 3.04. The number of pyridine rings is 1. The van der Waals surface area contributed by atoms with Crippen molar-refractivity contribution < 1.29 is 27.8 Å². The molecule has 1 aromatic rings. The average molecular weight is 332 g/mol. The molecule has 2 N–H and O–H groups in total. The summed E-state index contributed by atoms with van der Waals surface area (Å²) in [6, 6.07) is 2.64. The van der Waals surface area contributed by atoms with E-state index >= 15 is 0 Å². The molecule has 1 fully saturated rings. The summed E-state index contributed by atoms with van der Waals surface area (Å²) in [6.45, 7) is -1.46. The third-order valence-corrected chi connectivity index (χ3v) is 3.79. The van der Waals surface area contributed by atoms with Gasteiger partial charge in [0.2, 0.25) is 0 Å². The lowest BCUT2D eigenvalue weighted by Crippen LogP contribution is -2.36. The summed E-state index contributed by atoms with van der Waals surface area (Å²) in [5.41, 5.74) is -0.227. The maximum Gasteiger partial charge on any atom is 0.422 e. The molecule has 1 saturated carbocycles. The minimum absolute atomic E-state index is 0.0405. The summed E-state index contributed by atoms with van der Waals surface area (Å²) in [7, 11) is 0. The molecule has 1 heterocycles. The SMILES string of the molecule is O=C(NCC(O)C1CCCC1)c1ncccc1OCC(F)(F)F. The lowest BCUT2D eigenvalue weighted by atomic mass is 10.0. The van der Waals surface area contributed by atoms with Gasteiger partial charge in [-0.05, 0) is 30.9 Å². The molecule has 0 radical (unpaired) electrons. The maximum atomic E-state index is 12.2. The normalized spacial score (nSPS) is 17.0. The van der Waals surface area contributed by atoms with Crippen LogP contribution in [-0.4, -0.2) is 41.4 Å². The number of nitrogens with zero attached hydrogens (tertiary/aromatic N) is 1. The van der Waals surface area contributed by atoms with E-state index in [-0.39, 0.29) is 23.9 Å². The number of carbonyl (C=O) groups excluding carboxylic acids is 1. The van der Waals surface area contributed by atoms with Gasteiger partial charge in [0.05, 0.1) is 6.10 Å². The molecule has 5 nitrogen and oxygen atoms in total. The molecule has 23 heavy (non-hydrogen) atoms. The Balaban J connectivity index is 1.93. The van der Waals surface area contributed by atoms with Gasteiger partial charge in [-0.2, -0.15) is 13.2 Å². The molecule has 1 unspecified atom stereocenters. The third-order valence-electron chi connectivity index (χ3n) is 3.79. The van der Waals surface area contributed by atoms with Crippen molar-refractivity contribution in [3.05, 3.63) is 24.0 Å². The Hall–Kier alpha value is -1.83. The van der Waals surface area contributed by atoms with Crippen LogP contribution < -0.4 is 10.1 Å². The van der Waals surface area contributed by atoms with E-state index in [2.05, 4.69) is 15.0 Å². The van der Waals surface area contributed by atoms with E-state index in [0.717, 1.165) is 25.7 Å². The number of rotatable bonds is 6. The van der Waals surface area contributed by atoms with Crippen LogP contribution in [-0.2, 0) is 0 Å². The number of hydrogen-bond donors (Lipinski definition) is 2. The number of halogens is 3. The number of aromatic nitrogens is 1. The summed E-state index contributed by atoms with van der Waals surface area (Å²) in [4.78, 5) is 15.8. The van der Waals surface area contributed by atoms with Gasteiger partial charge in [-0.15, -0.1) is 0 Å². The van der Waals surface area contributed by atoms with Crippen LogP contribution in [0.3, 0.4) is 0 Å². The molecule has 8 heteroatoms. The Morgan fingerprint density at radius 1 is 1.43 bits per heavy atom. The van der Waals surface area contributed by atoms with Gasteiger partial charge in [0.1, 0.15) is 0 Å². The van der Waals surface area contributed by atoms with Crippen LogP contribution in [0.2, 0.25) is 0 Å². The monoisotopic (exact) mass is 332 g/mol. The molecule has 0 spiro atoms. The van der Waals surface area contributed by atoms with Gasteiger partial charge < -0.3 is 15.2 Å². The number of amides is 1. The smallest absolute Gasteiger partial charge is 0.422 e. The van der Waals surface area contributed by atoms with Crippen LogP contribution in [0.5, 0.6) is 5.75 Å². The van der Waals surface area contributed by atoms with Crippen LogP contribution in [0.25, 0.3) is 0 Å². The predicted molar refractivity (Wildman–Crippen MR) is 76.1 cm³/mol. The predicted octanol–water partition coefficient (Wildman–Crippen LogP) is 2.30. The van der Waals surface area contributed by atoms with E-state index in [1.54, 1.807) is 0 Å². The van der Waals surface area contributed by atoms with E-state index in [1.807, 2.05) is 0 Å². The van der Waals surface area contributed by atoms with Crippen molar-refractivity contribution in [2.24, 2.45) is 5.92 Å². The number of hydrogen-bond acceptors (Lipinski definition) is 4. The van der Waals surface area contributed by atoms with Crippen LogP contribution in [0, 0.1) is 5.92 Å². The first-order valence-corrected chi connectivity index (χ1v) is 7.47. The summed E-state index contributed by atoms with van der Waals surface area (Å²) < 4.78 is 41.3. The molecule has 2 rings (SSSR count). The summed E-state index contributed by atoms with van der Waals surface area (Å²) in [5, 5.41) is 12.5. The molecular formula is C15H19F3N2O3. The molecule has 0 bridgehead atoms. The van der Waals surface area contributed by atoms with E-state index < -0.39 is 24.8 Å². The molecule has 1 aromatic heterocycles. The zero-order valence-corrected chi connectivity index (χ0v) is 12.5. The Morgan fingerprint density at radius 2 is 2.13 bits per heavy atom. The molecule has 1 aliphatic rings. The fraction of sp³-hybridized carbons (Fsp3) is 0.600. The molecule has 1 amide bonds. The molecule has 128 valence electrons. The molecule has 0 aromatic carbocycles. The number of aliphatic hydroxyl groups is 1. The zero-order chi connectivity index (χ0) is 16.9. The van der Waals surface area contributed by atoms with E-state index in [4.69, 9.17) is 0 Å². The number of carbonyl (C=O) groups is 1. The standard InChI is InChI=1S/C15H19F3N2O3/c16-15(17,18)9-23-12-6-3-7-19-13(12)14(22)20-8-11(21)10-4-1-2-5-10/h3,6-7,10-11,21H,1-2,4-5,8-9H2,(H,20,22). The molecular weight excluding hydrogens is 313 g/mol. The van der Waals surface area contributed by atoms with Crippen molar-refractivity contribution in [1.29, 1.82) is 0 Å². The molecule has 0 saturated heterocycles. The largest absolute Gasteiger partial charge is 0.482 e. The van der Waals surface area contributed by atoms with E-state index in [9.17, 15) is 23.1 Å². The topological polar surface area (TPSA) is 71.5 Å². The van der Waals surface area contributed by atoms with Crippen LogP contribution in [0.1, 0.15) is 36.2 Å². The first kappa shape index (κ1) is 17.5. The van der Waals surface area contributed by atoms with Gasteiger partial charge in [-0.25, -0.2) is 4.98 Å². The summed E-state index contributed by atoms with van der Waals surface area (Å²) in [5.74, 6) is -0.752. The maximum absolute atomic E-state index is 12.2. The molecule has 1 atom stereocenters. The highest BCUT2D eigenvalue weighted by atomic mass is 19.4. The fourth-order valence-electron chi connectivity index (χ4n) is 2.63. The van der Waals surface area contributed by atoms with Gasteiger partial charge in [0, 0.05) is 12.7 Å². The highest BCUT2D eigenvalue weighted by molar-refractivity contribution is 5.94. The highest BCUT2D eigenvalue weighted by Gasteiger charge is 2.29. The molecule has 0 aliphatic heterocycles. The van der Waals surface area contributed by atoms with Crippen LogP contribution >= 0.6 is 0 Å². The number of aliphatic hydroxyl groups excluding tert-OH is 1. The van der Waals surface area contributed by atoms with Crippen molar-refractivity contribution in [1.82, 2.24) is 10.3 Å². The lowest BCUT2D eigenvalue weighted by Gasteiger charge is -2.18. The van der Waals surface area contributed by atoms with Gasteiger partial charge in [0.25, 0.3) is 5.91 Å². The number of nitrogens with one attached hydrogen (secondary N) is 1. The molecule has 1 aliphatic carbocycles. The second-order valence-corrected chi connectivity index (χ2v) is 5.58. The Morgan fingerprint density at radius 3 is 2.78 bits per heavy atom. The van der Waals surface area contributed by atoms with Crippen LogP contribution in [0.15, 0.2) is 18.3 Å². The third kappa shape index (κ3) is 5.38. The van der Waals surface area contributed by atoms with E-state index in [0.29, 0.717) is 0 Å². The Kier molecular flexibility index (Phi) is 5.81. The van der Waals surface area contributed by atoms with Crippen molar-refractivity contribution in [3.63, 3.8) is 0 Å². The van der Waals surface area contributed by atoms with Gasteiger partial charge >= 0.3 is 6.18 Å². The summed E-state index contributed by atoms with van der Waals surface area (Å²) >= 11 is 0. The van der Waals surface area contributed by atoms with Gasteiger partial charge in [-0.1, -0.05) is 12.8 Å². The van der Waals surface area contributed by atoms with Crippen LogP contribution in [0.4, 0.5) is 13.2 Å². The minimum atomic E-state index is -4.50. The van der Waals surface area contributed by atoms with E-state index in [1.165, 1.54) is 18.3 Å². The summed E-state index contributed by atoms with van der Waals surface area (Å²) in [6.07, 6.45) is 0.0905. The number of ether oxygens (including phenoxy) is 1. The van der Waals surface area contributed by atoms with Crippen molar-refractivity contribution in [2.75, 3.05) is 13.2 Å². The Labute approximate surface area is 131 Å². The van der Waals surface area contributed by atoms with Gasteiger partial charge in [0.15, 0.2) is 18.1 Å². The zero-order valence-electron chi connectivity index (χ0n) is 12.5. The first-order valence-electron chi connectivity index (χ1n) is 7.47. The second kappa shape index (κ2) is 7.63. The number of alkyl halides is 3. The lowest BCUT2D eigenvalue weighted by molar-refractivity contribution is -0.153. The van der Waals surface area contributed by atoms with Crippen molar-refractivity contribution >= 4 is 5.91 Å². The second-order valence-electron chi connectivity index (χ2n) is 5.58. The quantitative estimate of drug-likeness (QED) is 0.838. The Bertz CT molecular complexity index is 531. The van der Waals surface area contributed by atoms with Crippen molar-refractivity contribution in [2.45, 2.75) is 38.0 Å². The minimum Gasteiger partial charge on any atom is -0.482 e. The van der Waals surface area contributed by atoms with Gasteiger partial charge in [-0.3, -0.25) is 4.79 Å². The van der Waals surface area contributed by atoms with Crippen molar-refractivity contribution in [3.8, 4) is 5.75 Å². The highest BCUT2D eigenvalue weighted by Crippen LogP contribution is 2.27. The first-order chi connectivity index (χ1) is 10.9. The fourth-order valence-corrected chi connectivity index (χ4v) is 2.63.